The number of rotatable bonds is 3. The van der Waals surface area contributed by atoms with Crippen molar-refractivity contribution in [2.45, 2.75) is 31.2 Å². The van der Waals surface area contributed by atoms with Crippen LogP contribution >= 0.6 is 15.9 Å². The molecule has 1 aliphatic rings. The Morgan fingerprint density at radius 3 is 2.80 bits per heavy atom. The summed E-state index contributed by atoms with van der Waals surface area (Å²) in [6.07, 6.45) is 6.15. The summed E-state index contributed by atoms with van der Waals surface area (Å²) in [6.45, 7) is 0.177. The summed E-state index contributed by atoms with van der Waals surface area (Å²) in [5, 5.41) is 12.8. The van der Waals surface area contributed by atoms with Crippen molar-refractivity contribution in [2.24, 2.45) is 0 Å². The van der Waals surface area contributed by atoms with Gasteiger partial charge in [-0.1, -0.05) is 12.8 Å². The minimum atomic E-state index is -0.156. The van der Waals surface area contributed by atoms with Crippen LogP contribution in [0.25, 0.3) is 0 Å². The maximum atomic E-state index is 9.46. The van der Waals surface area contributed by atoms with Gasteiger partial charge >= 0.3 is 0 Å². The van der Waals surface area contributed by atoms with Gasteiger partial charge in [0.25, 0.3) is 0 Å². The van der Waals surface area contributed by atoms with Gasteiger partial charge in [0, 0.05) is 6.20 Å². The first-order valence-electron chi connectivity index (χ1n) is 5.25. The Bertz CT molecular complexity index is 337. The summed E-state index contributed by atoms with van der Waals surface area (Å²) >= 11 is 3.45. The fourth-order valence-corrected chi connectivity index (χ4v) is 2.46. The van der Waals surface area contributed by atoms with Crippen LogP contribution < -0.4 is 5.32 Å². The minimum absolute atomic E-state index is 0.156. The normalized spacial score (nSPS) is 19.1. The van der Waals surface area contributed by atoms with Crippen molar-refractivity contribution >= 4 is 21.7 Å². The van der Waals surface area contributed by atoms with E-state index < -0.39 is 0 Å². The number of pyridine rings is 1. The fraction of sp³-hybridized carbons (Fsp3) is 0.545. The molecule has 15 heavy (non-hydrogen) atoms. The summed E-state index contributed by atoms with van der Waals surface area (Å²) in [5.74, 6) is 0.827. The first-order valence-corrected chi connectivity index (χ1v) is 6.05. The van der Waals surface area contributed by atoms with Crippen molar-refractivity contribution < 1.29 is 5.11 Å². The fourth-order valence-electron chi connectivity index (χ4n) is 2.10. The highest BCUT2D eigenvalue weighted by molar-refractivity contribution is 9.10. The van der Waals surface area contributed by atoms with Gasteiger partial charge in [-0.05, 0) is 40.9 Å². The van der Waals surface area contributed by atoms with Gasteiger partial charge in [0.05, 0.1) is 16.6 Å². The number of hydrogen-bond acceptors (Lipinski definition) is 3. The molecule has 0 aliphatic heterocycles. The van der Waals surface area contributed by atoms with Gasteiger partial charge < -0.3 is 10.4 Å². The van der Waals surface area contributed by atoms with Gasteiger partial charge in [0.1, 0.15) is 5.82 Å². The van der Waals surface area contributed by atoms with E-state index in [9.17, 15) is 5.11 Å². The number of aliphatic hydroxyl groups excluding tert-OH is 1. The number of nitrogens with one attached hydrogen (secondary N) is 1. The van der Waals surface area contributed by atoms with E-state index >= 15 is 0 Å². The molecule has 82 valence electrons. The van der Waals surface area contributed by atoms with Crippen molar-refractivity contribution in [3.05, 3.63) is 22.8 Å². The third-order valence-corrected chi connectivity index (χ3v) is 3.65. The van der Waals surface area contributed by atoms with Crippen LogP contribution in [0.2, 0.25) is 0 Å². The quantitative estimate of drug-likeness (QED) is 0.888. The Balaban J connectivity index is 2.16. The van der Waals surface area contributed by atoms with Crippen molar-refractivity contribution in [3.63, 3.8) is 0 Å². The highest BCUT2D eigenvalue weighted by Crippen LogP contribution is 2.33. The summed E-state index contributed by atoms with van der Waals surface area (Å²) in [6, 6.07) is 3.84. The highest BCUT2D eigenvalue weighted by atomic mass is 79.9. The number of nitrogens with zero attached hydrogens (tertiary/aromatic N) is 1. The Hall–Kier alpha value is -0.610. The molecule has 0 saturated heterocycles. The van der Waals surface area contributed by atoms with Crippen LogP contribution in [0.5, 0.6) is 0 Å². The van der Waals surface area contributed by atoms with Crippen LogP contribution in [-0.2, 0) is 0 Å². The van der Waals surface area contributed by atoms with E-state index in [1.807, 2.05) is 12.1 Å². The standard InChI is InChI=1S/C11H15BrN2O/c12-9-4-3-7-13-10(9)14-11(8-15)5-1-2-6-11/h3-4,7,15H,1-2,5-6,8H2,(H,13,14). The average molecular weight is 271 g/mol. The number of aromatic nitrogens is 1. The minimum Gasteiger partial charge on any atom is -0.394 e. The van der Waals surface area contributed by atoms with E-state index in [4.69, 9.17) is 0 Å². The maximum absolute atomic E-state index is 9.46. The lowest BCUT2D eigenvalue weighted by atomic mass is 9.99. The second-order valence-corrected chi connectivity index (χ2v) is 4.96. The Morgan fingerprint density at radius 2 is 2.20 bits per heavy atom. The third-order valence-electron chi connectivity index (χ3n) is 3.01. The smallest absolute Gasteiger partial charge is 0.140 e. The Kier molecular flexibility index (Phi) is 3.26. The number of halogens is 1. The molecule has 1 aromatic heterocycles. The molecule has 4 heteroatoms. The second kappa shape index (κ2) is 4.49. The zero-order valence-electron chi connectivity index (χ0n) is 8.54. The molecule has 2 rings (SSSR count). The predicted octanol–water partition coefficient (Wildman–Crippen LogP) is 2.56. The van der Waals surface area contributed by atoms with Crippen LogP contribution in [0.3, 0.4) is 0 Å². The molecule has 1 fully saturated rings. The predicted molar refractivity (Wildman–Crippen MR) is 63.8 cm³/mol. The molecule has 0 bridgehead atoms. The molecule has 0 unspecified atom stereocenters. The lowest BCUT2D eigenvalue weighted by molar-refractivity contribution is 0.213. The Morgan fingerprint density at radius 1 is 1.47 bits per heavy atom. The summed E-state index contributed by atoms with van der Waals surface area (Å²) in [7, 11) is 0. The number of anilines is 1. The maximum Gasteiger partial charge on any atom is 0.140 e. The molecule has 1 aromatic rings. The largest absolute Gasteiger partial charge is 0.394 e. The van der Waals surface area contributed by atoms with Crippen molar-refractivity contribution in [2.75, 3.05) is 11.9 Å². The molecular formula is C11H15BrN2O. The molecule has 1 saturated carbocycles. The van der Waals surface area contributed by atoms with Crippen LogP contribution in [-0.4, -0.2) is 22.2 Å². The van der Waals surface area contributed by atoms with Crippen molar-refractivity contribution in [1.29, 1.82) is 0 Å². The molecule has 0 amide bonds. The lowest BCUT2D eigenvalue weighted by Crippen LogP contribution is -2.39. The van der Waals surface area contributed by atoms with E-state index in [1.165, 1.54) is 12.8 Å². The van der Waals surface area contributed by atoms with E-state index in [1.54, 1.807) is 6.20 Å². The SMILES string of the molecule is OCC1(Nc2ncccc2Br)CCCC1. The molecule has 0 spiro atoms. The van der Waals surface area contributed by atoms with Gasteiger partial charge in [-0.2, -0.15) is 0 Å². The van der Waals surface area contributed by atoms with Gasteiger partial charge in [-0.25, -0.2) is 4.98 Å². The molecule has 1 heterocycles. The average Bonchev–Trinajstić information content (AvgIpc) is 2.71. The van der Waals surface area contributed by atoms with Gasteiger partial charge in [-0.15, -0.1) is 0 Å². The van der Waals surface area contributed by atoms with Gasteiger partial charge in [0.15, 0.2) is 0 Å². The first kappa shape index (κ1) is 10.9. The van der Waals surface area contributed by atoms with Crippen molar-refractivity contribution in [3.8, 4) is 0 Å². The van der Waals surface area contributed by atoms with Gasteiger partial charge in [-0.3, -0.25) is 0 Å². The molecular weight excluding hydrogens is 256 g/mol. The molecule has 0 aromatic carbocycles. The van der Waals surface area contributed by atoms with Gasteiger partial charge in [0.2, 0.25) is 0 Å². The summed E-state index contributed by atoms with van der Waals surface area (Å²) in [4.78, 5) is 4.27. The van der Waals surface area contributed by atoms with E-state index in [-0.39, 0.29) is 12.1 Å². The van der Waals surface area contributed by atoms with Crippen molar-refractivity contribution in [1.82, 2.24) is 4.98 Å². The highest BCUT2D eigenvalue weighted by Gasteiger charge is 2.33. The number of aliphatic hydroxyl groups is 1. The zero-order chi connectivity index (χ0) is 10.7. The molecule has 0 radical (unpaired) electrons. The first-order chi connectivity index (χ1) is 7.26. The van der Waals surface area contributed by atoms with Crippen LogP contribution in [0.1, 0.15) is 25.7 Å². The number of hydrogen-bond donors (Lipinski definition) is 2. The second-order valence-electron chi connectivity index (χ2n) is 4.10. The van der Waals surface area contributed by atoms with Crippen LogP contribution in [0.15, 0.2) is 22.8 Å². The van der Waals surface area contributed by atoms with E-state index in [2.05, 4.69) is 26.2 Å². The van der Waals surface area contributed by atoms with Crippen LogP contribution in [0, 0.1) is 0 Å². The summed E-state index contributed by atoms with van der Waals surface area (Å²) < 4.78 is 0.949. The topological polar surface area (TPSA) is 45.1 Å². The molecule has 3 nitrogen and oxygen atoms in total. The Labute approximate surface area is 98.0 Å². The summed E-state index contributed by atoms with van der Waals surface area (Å²) in [5.41, 5.74) is -0.156. The monoisotopic (exact) mass is 270 g/mol. The third kappa shape index (κ3) is 2.32. The zero-order valence-corrected chi connectivity index (χ0v) is 10.1. The molecule has 0 atom stereocenters. The van der Waals surface area contributed by atoms with E-state index in [0.717, 1.165) is 23.1 Å². The molecule has 1 aliphatic carbocycles. The van der Waals surface area contributed by atoms with E-state index in [0.29, 0.717) is 0 Å². The lowest BCUT2D eigenvalue weighted by Gasteiger charge is -2.28. The molecule has 2 N–H and O–H groups in total. The van der Waals surface area contributed by atoms with Crippen LogP contribution in [0.4, 0.5) is 5.82 Å².